The Bertz CT molecular complexity index is 1000. The van der Waals surface area contributed by atoms with Gasteiger partial charge in [0.05, 0.1) is 17.4 Å². The van der Waals surface area contributed by atoms with Crippen molar-refractivity contribution in [3.63, 3.8) is 0 Å². The summed E-state index contributed by atoms with van der Waals surface area (Å²) in [5.41, 5.74) is 3.21. The Morgan fingerprint density at radius 1 is 1.03 bits per heavy atom. The summed E-state index contributed by atoms with van der Waals surface area (Å²) in [6.07, 6.45) is 7.79. The molecule has 0 aliphatic carbocycles. The van der Waals surface area contributed by atoms with Gasteiger partial charge in [-0.2, -0.15) is 0 Å². The molecule has 3 aromatic heterocycles. The molecule has 7 nitrogen and oxygen atoms in total. The Morgan fingerprint density at radius 2 is 1.90 bits per heavy atom. The fraction of sp³-hybridized carbons (Fsp3) is 0.333. The molecular weight excluding hydrogens is 388 g/mol. The predicted octanol–water partition coefficient (Wildman–Crippen LogP) is 4.08. The van der Waals surface area contributed by atoms with Gasteiger partial charge >= 0.3 is 0 Å². The number of aromatic nitrogens is 3. The van der Waals surface area contributed by atoms with E-state index in [2.05, 4.69) is 30.5 Å². The van der Waals surface area contributed by atoms with E-state index in [9.17, 15) is 4.79 Å². The van der Waals surface area contributed by atoms with Crippen molar-refractivity contribution in [1.82, 2.24) is 15.0 Å². The lowest BCUT2D eigenvalue weighted by atomic mass is 10.1. The highest BCUT2D eigenvalue weighted by Crippen LogP contribution is 2.24. The molecule has 1 saturated heterocycles. The number of carbonyl (C=O) groups is 1. The fourth-order valence-electron chi connectivity index (χ4n) is 3.70. The number of hydrogen-bond acceptors (Lipinski definition) is 6. The quantitative estimate of drug-likeness (QED) is 0.604. The third kappa shape index (κ3) is 5.57. The lowest BCUT2D eigenvalue weighted by molar-refractivity contribution is 0.102. The van der Waals surface area contributed by atoms with Gasteiger partial charge in [0.25, 0.3) is 5.91 Å². The number of nitrogens with zero attached hydrogens (tertiary/aromatic N) is 4. The molecule has 1 aliphatic rings. The van der Waals surface area contributed by atoms with E-state index < -0.39 is 0 Å². The maximum absolute atomic E-state index is 13.0. The van der Waals surface area contributed by atoms with E-state index in [4.69, 9.17) is 0 Å². The second-order valence-corrected chi connectivity index (χ2v) is 7.76. The molecule has 2 N–H and O–H groups in total. The number of piperidine rings is 1. The van der Waals surface area contributed by atoms with Crippen LogP contribution in [0.25, 0.3) is 0 Å². The lowest BCUT2D eigenvalue weighted by Crippen LogP contribution is -2.32. The Morgan fingerprint density at radius 3 is 2.65 bits per heavy atom. The zero-order chi connectivity index (χ0) is 21.5. The smallest absolute Gasteiger partial charge is 0.259 e. The maximum Gasteiger partial charge on any atom is 0.259 e. The molecule has 0 atom stereocenters. The monoisotopic (exact) mass is 416 g/mol. The highest BCUT2D eigenvalue weighted by atomic mass is 16.1. The van der Waals surface area contributed by atoms with E-state index in [0.717, 1.165) is 61.9 Å². The van der Waals surface area contributed by atoms with Gasteiger partial charge in [-0.1, -0.05) is 6.07 Å². The van der Waals surface area contributed by atoms with Crippen molar-refractivity contribution in [2.45, 2.75) is 32.6 Å². The largest absolute Gasteiger partial charge is 0.370 e. The average molecular weight is 417 g/mol. The van der Waals surface area contributed by atoms with Gasteiger partial charge in [0, 0.05) is 43.6 Å². The normalized spacial score (nSPS) is 13.6. The van der Waals surface area contributed by atoms with Crippen LogP contribution in [0.4, 0.5) is 17.3 Å². The van der Waals surface area contributed by atoms with Gasteiger partial charge in [-0.15, -0.1) is 0 Å². The van der Waals surface area contributed by atoms with Gasteiger partial charge in [-0.25, -0.2) is 9.97 Å². The predicted molar refractivity (Wildman–Crippen MR) is 124 cm³/mol. The summed E-state index contributed by atoms with van der Waals surface area (Å²) in [4.78, 5) is 28.6. The maximum atomic E-state index is 13.0. The molecule has 4 heterocycles. The Kier molecular flexibility index (Phi) is 6.72. The number of hydrogen-bond donors (Lipinski definition) is 2. The summed E-state index contributed by atoms with van der Waals surface area (Å²) in [6, 6.07) is 13.4. The molecule has 0 saturated carbocycles. The van der Waals surface area contributed by atoms with Gasteiger partial charge in [-0.3, -0.25) is 9.78 Å². The van der Waals surface area contributed by atoms with Crippen molar-refractivity contribution in [2.75, 3.05) is 35.2 Å². The van der Waals surface area contributed by atoms with Crippen LogP contribution in [-0.4, -0.2) is 40.5 Å². The molecule has 1 fully saturated rings. The van der Waals surface area contributed by atoms with E-state index >= 15 is 0 Å². The molecule has 4 rings (SSSR count). The van der Waals surface area contributed by atoms with Gasteiger partial charge in [0.2, 0.25) is 0 Å². The number of amides is 1. The summed E-state index contributed by atoms with van der Waals surface area (Å²) in [7, 11) is 0. The van der Waals surface area contributed by atoms with Crippen LogP contribution >= 0.6 is 0 Å². The third-order valence-electron chi connectivity index (χ3n) is 5.35. The summed E-state index contributed by atoms with van der Waals surface area (Å²) in [5, 5.41) is 6.24. The van der Waals surface area contributed by atoms with Crippen molar-refractivity contribution in [3.8, 4) is 0 Å². The molecule has 1 amide bonds. The fourth-order valence-corrected chi connectivity index (χ4v) is 3.70. The van der Waals surface area contributed by atoms with Crippen LogP contribution in [0.3, 0.4) is 0 Å². The second kappa shape index (κ2) is 10.0. The van der Waals surface area contributed by atoms with Crippen LogP contribution in [0.15, 0.2) is 54.9 Å². The number of anilines is 3. The molecule has 1 aliphatic heterocycles. The van der Waals surface area contributed by atoms with Gasteiger partial charge < -0.3 is 15.5 Å². The topological polar surface area (TPSA) is 83.0 Å². The second-order valence-electron chi connectivity index (χ2n) is 7.76. The summed E-state index contributed by atoms with van der Waals surface area (Å²) < 4.78 is 0. The van der Waals surface area contributed by atoms with E-state index in [1.54, 1.807) is 12.4 Å². The zero-order valence-electron chi connectivity index (χ0n) is 17.8. The molecule has 7 heteroatoms. The first-order valence-corrected chi connectivity index (χ1v) is 10.8. The standard InChI is InChI=1S/C24H28N6O/c1-18-8-10-21(23(28-18)30-15-5-2-6-16-30)24(31)29-20-9-11-22(27-17-20)26-14-12-19-7-3-4-13-25-19/h3-4,7-11,13,17H,2,5-6,12,14-16H2,1H3,(H,26,27)(H,29,31). The molecule has 3 aromatic rings. The van der Waals surface area contributed by atoms with Crippen LogP contribution in [0.5, 0.6) is 0 Å². The van der Waals surface area contributed by atoms with Crippen molar-refractivity contribution >= 4 is 23.2 Å². The molecule has 0 aromatic carbocycles. The van der Waals surface area contributed by atoms with Crippen LogP contribution in [0, 0.1) is 6.92 Å². The van der Waals surface area contributed by atoms with Crippen LogP contribution in [0.2, 0.25) is 0 Å². The van der Waals surface area contributed by atoms with E-state index in [1.807, 2.05) is 49.4 Å². The van der Waals surface area contributed by atoms with E-state index in [0.29, 0.717) is 11.3 Å². The number of pyridine rings is 3. The molecule has 160 valence electrons. The number of rotatable bonds is 7. The first-order valence-electron chi connectivity index (χ1n) is 10.8. The molecule has 0 spiro atoms. The minimum Gasteiger partial charge on any atom is -0.370 e. The third-order valence-corrected chi connectivity index (χ3v) is 5.35. The Labute approximate surface area is 183 Å². The number of carbonyl (C=O) groups excluding carboxylic acids is 1. The van der Waals surface area contributed by atoms with Crippen molar-refractivity contribution in [1.29, 1.82) is 0 Å². The zero-order valence-corrected chi connectivity index (χ0v) is 17.8. The van der Waals surface area contributed by atoms with Crippen molar-refractivity contribution in [3.05, 3.63) is 71.8 Å². The van der Waals surface area contributed by atoms with Crippen molar-refractivity contribution in [2.24, 2.45) is 0 Å². The highest BCUT2D eigenvalue weighted by molar-refractivity contribution is 6.07. The van der Waals surface area contributed by atoms with Crippen LogP contribution in [-0.2, 0) is 6.42 Å². The highest BCUT2D eigenvalue weighted by Gasteiger charge is 2.20. The van der Waals surface area contributed by atoms with Gasteiger partial charge in [0.1, 0.15) is 11.6 Å². The minimum atomic E-state index is -0.161. The van der Waals surface area contributed by atoms with E-state index in [-0.39, 0.29) is 5.91 Å². The first-order chi connectivity index (χ1) is 15.2. The number of nitrogens with one attached hydrogen (secondary N) is 2. The molecule has 0 bridgehead atoms. The average Bonchev–Trinajstić information content (AvgIpc) is 2.81. The number of aryl methyl sites for hydroxylation is 1. The lowest BCUT2D eigenvalue weighted by Gasteiger charge is -2.29. The summed E-state index contributed by atoms with van der Waals surface area (Å²) in [6.45, 7) is 4.58. The molecule has 0 radical (unpaired) electrons. The van der Waals surface area contributed by atoms with E-state index in [1.165, 1.54) is 6.42 Å². The Hall–Kier alpha value is -3.48. The molecular formula is C24H28N6O. The summed E-state index contributed by atoms with van der Waals surface area (Å²) >= 11 is 0. The van der Waals surface area contributed by atoms with Crippen LogP contribution < -0.4 is 15.5 Å². The molecule has 0 unspecified atom stereocenters. The van der Waals surface area contributed by atoms with Crippen molar-refractivity contribution < 1.29 is 4.79 Å². The first kappa shape index (κ1) is 20.8. The van der Waals surface area contributed by atoms with Gasteiger partial charge in [-0.05, 0) is 62.6 Å². The SMILES string of the molecule is Cc1ccc(C(=O)Nc2ccc(NCCc3ccccn3)nc2)c(N2CCCCC2)n1. The minimum absolute atomic E-state index is 0.161. The summed E-state index contributed by atoms with van der Waals surface area (Å²) in [5.74, 6) is 1.38. The Balaban J connectivity index is 1.37. The van der Waals surface area contributed by atoms with Crippen LogP contribution in [0.1, 0.15) is 41.0 Å². The molecule has 31 heavy (non-hydrogen) atoms. The van der Waals surface area contributed by atoms with Gasteiger partial charge in [0.15, 0.2) is 0 Å².